The fraction of sp³-hybridized carbons (Fsp3) is 0.611. The van der Waals surface area contributed by atoms with Gasteiger partial charge in [0.1, 0.15) is 12.0 Å². The molecule has 3 rings (SSSR count). The molecule has 0 spiro atoms. The molecule has 2 aliphatic rings. The summed E-state index contributed by atoms with van der Waals surface area (Å²) in [5.74, 6) is -0.958. The molecule has 0 aliphatic carbocycles. The number of ether oxygens (including phenoxy) is 1. The zero-order chi connectivity index (χ0) is 16.6. The summed E-state index contributed by atoms with van der Waals surface area (Å²) in [6.45, 7) is -0.248. The monoisotopic (exact) mass is 338 g/mol. The Kier molecular flexibility index (Phi) is 4.68. The lowest BCUT2D eigenvalue weighted by molar-refractivity contribution is -0.931. The Morgan fingerprint density at radius 1 is 1.26 bits per heavy atom. The fourth-order valence-electron chi connectivity index (χ4n) is 4.18. The van der Waals surface area contributed by atoms with E-state index in [0.29, 0.717) is 17.1 Å². The van der Waals surface area contributed by atoms with Gasteiger partial charge in [-0.05, 0) is 17.7 Å². The average Bonchev–Trinajstić information content (AvgIpc) is 2.67. The van der Waals surface area contributed by atoms with Crippen molar-refractivity contribution < 1.29 is 19.1 Å². The van der Waals surface area contributed by atoms with Crippen molar-refractivity contribution in [3.63, 3.8) is 0 Å². The first kappa shape index (κ1) is 16.7. The topological polar surface area (TPSA) is 46.5 Å². The van der Waals surface area contributed by atoms with E-state index in [1.807, 2.05) is 0 Å². The van der Waals surface area contributed by atoms with Crippen LogP contribution in [-0.4, -0.2) is 54.4 Å². The van der Waals surface area contributed by atoms with E-state index < -0.39 is 5.92 Å². The van der Waals surface area contributed by atoms with Gasteiger partial charge in [-0.2, -0.15) is 0 Å². The zero-order valence-corrected chi connectivity index (χ0v) is 14.5. The van der Waals surface area contributed by atoms with Crippen molar-refractivity contribution in [2.24, 2.45) is 0 Å². The minimum Gasteiger partial charge on any atom is -0.461 e. The summed E-state index contributed by atoms with van der Waals surface area (Å²) in [6.07, 6.45) is 4.26. The van der Waals surface area contributed by atoms with Crippen LogP contribution in [0.4, 0.5) is 0 Å². The number of aliphatic hydroxyl groups is 1. The number of carbonyl (C=O) groups is 1. The van der Waals surface area contributed by atoms with E-state index in [1.165, 1.54) is 12.8 Å². The number of quaternary nitrogens is 1. The van der Waals surface area contributed by atoms with Crippen molar-refractivity contribution in [2.75, 3.05) is 20.7 Å². The number of esters is 1. The van der Waals surface area contributed by atoms with Gasteiger partial charge in [-0.15, -0.1) is 0 Å². The molecule has 2 heterocycles. The quantitative estimate of drug-likeness (QED) is 0.678. The number of benzene rings is 1. The second-order valence-corrected chi connectivity index (χ2v) is 7.77. The van der Waals surface area contributed by atoms with Gasteiger partial charge in [0, 0.05) is 30.7 Å². The van der Waals surface area contributed by atoms with E-state index in [0.717, 1.165) is 22.9 Å². The maximum Gasteiger partial charge on any atom is 0.316 e. The molecule has 5 heteroatoms. The van der Waals surface area contributed by atoms with Crippen LogP contribution in [0.2, 0.25) is 5.02 Å². The van der Waals surface area contributed by atoms with Gasteiger partial charge in [0.25, 0.3) is 0 Å². The van der Waals surface area contributed by atoms with Crippen molar-refractivity contribution in [2.45, 2.75) is 49.8 Å². The van der Waals surface area contributed by atoms with Crippen molar-refractivity contribution in [3.8, 4) is 0 Å². The molecule has 2 unspecified atom stereocenters. The lowest BCUT2D eigenvalue weighted by Crippen LogP contribution is -2.56. The number of hydrogen-bond acceptors (Lipinski definition) is 3. The third kappa shape index (κ3) is 3.25. The van der Waals surface area contributed by atoms with E-state index in [4.69, 9.17) is 16.3 Å². The van der Waals surface area contributed by atoms with Crippen molar-refractivity contribution in [3.05, 3.63) is 34.9 Å². The van der Waals surface area contributed by atoms with Gasteiger partial charge in [-0.25, -0.2) is 0 Å². The first-order valence-corrected chi connectivity index (χ1v) is 8.69. The van der Waals surface area contributed by atoms with E-state index in [2.05, 4.69) is 14.1 Å². The second kappa shape index (κ2) is 6.42. The number of aliphatic hydroxyl groups excluding tert-OH is 1. The molecule has 0 amide bonds. The Morgan fingerprint density at radius 3 is 2.35 bits per heavy atom. The summed E-state index contributed by atoms with van der Waals surface area (Å²) in [5.41, 5.74) is 0.747. The van der Waals surface area contributed by atoms with Crippen molar-refractivity contribution >= 4 is 17.6 Å². The van der Waals surface area contributed by atoms with E-state index in [9.17, 15) is 9.90 Å². The maximum absolute atomic E-state index is 12.5. The number of nitrogens with zero attached hydrogens (tertiary/aromatic N) is 1. The van der Waals surface area contributed by atoms with Crippen molar-refractivity contribution in [1.82, 2.24) is 0 Å². The van der Waals surface area contributed by atoms with Gasteiger partial charge in [-0.1, -0.05) is 23.7 Å². The molecule has 1 aromatic carbocycles. The Morgan fingerprint density at radius 2 is 1.83 bits per heavy atom. The number of rotatable bonds is 4. The summed E-state index contributed by atoms with van der Waals surface area (Å²) >= 11 is 5.88. The summed E-state index contributed by atoms with van der Waals surface area (Å²) in [5, 5.41) is 10.2. The molecular weight excluding hydrogens is 314 g/mol. The molecule has 0 aromatic heterocycles. The Labute approximate surface area is 142 Å². The maximum atomic E-state index is 12.5. The van der Waals surface area contributed by atoms with Crippen LogP contribution in [0.5, 0.6) is 0 Å². The van der Waals surface area contributed by atoms with Gasteiger partial charge in [0.2, 0.25) is 0 Å². The molecule has 23 heavy (non-hydrogen) atoms. The first-order chi connectivity index (χ1) is 10.9. The molecule has 4 nitrogen and oxygen atoms in total. The molecule has 126 valence electrons. The molecule has 2 fully saturated rings. The lowest BCUT2D eigenvalue weighted by Gasteiger charge is -2.44. The molecule has 2 bridgehead atoms. The number of halogens is 1. The van der Waals surface area contributed by atoms with Gasteiger partial charge < -0.3 is 14.3 Å². The molecular formula is C18H25ClNO3+. The molecule has 2 aliphatic heterocycles. The van der Waals surface area contributed by atoms with E-state index in [-0.39, 0.29) is 18.7 Å². The molecule has 1 N–H and O–H groups in total. The van der Waals surface area contributed by atoms with Gasteiger partial charge in [0.15, 0.2) is 0 Å². The minimum atomic E-state index is -0.630. The minimum absolute atomic E-state index is 0.0208. The summed E-state index contributed by atoms with van der Waals surface area (Å²) in [6, 6.07) is 8.16. The third-order valence-electron chi connectivity index (χ3n) is 5.81. The number of piperidine rings is 1. The average molecular weight is 339 g/mol. The van der Waals surface area contributed by atoms with E-state index in [1.54, 1.807) is 24.3 Å². The van der Waals surface area contributed by atoms with Crippen molar-refractivity contribution in [1.29, 1.82) is 0 Å². The normalized spacial score (nSPS) is 30.0. The predicted octanol–water partition coefficient (Wildman–Crippen LogP) is 2.73. The van der Waals surface area contributed by atoms with Gasteiger partial charge in [0.05, 0.1) is 32.8 Å². The molecule has 4 atom stereocenters. The number of fused-ring (bicyclic) bond motifs is 2. The van der Waals surface area contributed by atoms with Gasteiger partial charge >= 0.3 is 5.97 Å². The molecule has 2 saturated heterocycles. The number of hydrogen-bond donors (Lipinski definition) is 1. The van der Waals surface area contributed by atoms with Crippen LogP contribution in [-0.2, 0) is 9.53 Å². The first-order valence-electron chi connectivity index (χ1n) is 8.32. The highest BCUT2D eigenvalue weighted by Gasteiger charge is 2.50. The standard InChI is InChI=1S/C18H25ClNO3/c1-20(2)14-7-8-15(20)10-16(9-14)23-18(22)17(11-21)12-3-5-13(19)6-4-12/h3-6,14-17,21H,7-11H2,1-2H3/q+1/t14-,15+,16?,17?. The Bertz CT molecular complexity index is 556. The third-order valence-corrected chi connectivity index (χ3v) is 6.06. The lowest BCUT2D eigenvalue weighted by atomic mass is 9.96. The SMILES string of the molecule is C[N+]1(C)[C@@H]2CC[C@H]1CC(OC(=O)C(CO)c1ccc(Cl)cc1)C2. The van der Waals surface area contributed by atoms with Gasteiger partial charge in [-0.3, -0.25) is 4.79 Å². The highest BCUT2D eigenvalue weighted by molar-refractivity contribution is 6.30. The van der Waals surface area contributed by atoms with Crippen LogP contribution in [0.15, 0.2) is 24.3 Å². The highest BCUT2D eigenvalue weighted by atomic mass is 35.5. The van der Waals surface area contributed by atoms with Crippen LogP contribution in [0, 0.1) is 0 Å². The summed E-state index contributed by atoms with van der Waals surface area (Å²) in [7, 11) is 4.56. The molecule has 0 radical (unpaired) electrons. The van der Waals surface area contributed by atoms with Crippen LogP contribution in [0.1, 0.15) is 37.2 Å². The summed E-state index contributed by atoms with van der Waals surface area (Å²) < 4.78 is 6.81. The van der Waals surface area contributed by atoms with Crippen LogP contribution in [0.3, 0.4) is 0 Å². The Hall–Kier alpha value is -1.10. The predicted molar refractivity (Wildman–Crippen MR) is 89.3 cm³/mol. The second-order valence-electron chi connectivity index (χ2n) is 7.33. The van der Waals surface area contributed by atoms with Crippen LogP contribution < -0.4 is 0 Å². The van der Waals surface area contributed by atoms with Crippen LogP contribution >= 0.6 is 11.6 Å². The molecule has 1 aromatic rings. The van der Waals surface area contributed by atoms with Crippen LogP contribution in [0.25, 0.3) is 0 Å². The summed E-state index contributed by atoms with van der Waals surface area (Å²) in [4.78, 5) is 12.5. The van der Waals surface area contributed by atoms with E-state index >= 15 is 0 Å². The number of carbonyl (C=O) groups excluding carboxylic acids is 1. The smallest absolute Gasteiger partial charge is 0.316 e. The fourth-order valence-corrected chi connectivity index (χ4v) is 4.31. The Balaban J connectivity index is 1.66. The molecule has 0 saturated carbocycles. The largest absolute Gasteiger partial charge is 0.461 e. The highest BCUT2D eigenvalue weighted by Crippen LogP contribution is 2.40. The zero-order valence-electron chi connectivity index (χ0n) is 13.7.